The first-order valence-corrected chi connectivity index (χ1v) is 8.12. The van der Waals surface area contributed by atoms with Crippen molar-refractivity contribution in [1.82, 2.24) is 0 Å². The highest BCUT2D eigenvalue weighted by molar-refractivity contribution is 5.71. The first-order chi connectivity index (χ1) is 11.8. The number of rotatable bonds is 5. The summed E-state index contributed by atoms with van der Waals surface area (Å²) in [6.07, 6.45) is 4.16. The van der Waals surface area contributed by atoms with Gasteiger partial charge in [-0.3, -0.25) is 0 Å². The molecular weight excluding hydrogens is 302 g/mol. The van der Waals surface area contributed by atoms with E-state index in [4.69, 9.17) is 14.2 Å². The van der Waals surface area contributed by atoms with Crippen molar-refractivity contribution in [2.75, 3.05) is 45.4 Å². The molecule has 1 heterocycles. The van der Waals surface area contributed by atoms with Crippen molar-refractivity contribution >= 4 is 17.8 Å². The number of methoxy groups -OCH3 is 2. The van der Waals surface area contributed by atoms with E-state index in [2.05, 4.69) is 41.3 Å². The Balaban J connectivity index is 1.72. The number of nitrogens with zero attached hydrogens (tertiary/aromatic N) is 1. The van der Waals surface area contributed by atoms with Crippen LogP contribution in [0.3, 0.4) is 0 Å². The summed E-state index contributed by atoms with van der Waals surface area (Å²) in [4.78, 5) is 2.35. The second-order valence-corrected chi connectivity index (χ2v) is 5.67. The number of anilines is 1. The highest BCUT2D eigenvalue weighted by Gasteiger charge is 2.10. The topological polar surface area (TPSA) is 30.9 Å². The van der Waals surface area contributed by atoms with Gasteiger partial charge in [0, 0.05) is 24.8 Å². The van der Waals surface area contributed by atoms with Crippen molar-refractivity contribution in [3.63, 3.8) is 0 Å². The first kappa shape index (κ1) is 16.4. The van der Waals surface area contributed by atoms with E-state index in [9.17, 15) is 0 Å². The Morgan fingerprint density at radius 2 is 1.42 bits per heavy atom. The van der Waals surface area contributed by atoms with Crippen molar-refractivity contribution in [3.8, 4) is 11.5 Å². The van der Waals surface area contributed by atoms with E-state index in [-0.39, 0.29) is 0 Å². The van der Waals surface area contributed by atoms with E-state index in [1.807, 2.05) is 18.2 Å². The fraction of sp³-hybridized carbons (Fsp3) is 0.300. The Hall–Kier alpha value is -2.46. The maximum absolute atomic E-state index is 5.40. The molecule has 3 rings (SSSR count). The molecule has 2 aromatic rings. The highest BCUT2D eigenvalue weighted by atomic mass is 16.5. The fourth-order valence-electron chi connectivity index (χ4n) is 2.74. The van der Waals surface area contributed by atoms with Gasteiger partial charge in [0.1, 0.15) is 11.5 Å². The smallest absolute Gasteiger partial charge is 0.123 e. The fourth-order valence-corrected chi connectivity index (χ4v) is 2.74. The molecule has 0 aliphatic carbocycles. The zero-order chi connectivity index (χ0) is 16.8. The monoisotopic (exact) mass is 325 g/mol. The van der Waals surface area contributed by atoms with Gasteiger partial charge in [-0.1, -0.05) is 24.3 Å². The van der Waals surface area contributed by atoms with Crippen LogP contribution in [0.2, 0.25) is 0 Å². The highest BCUT2D eigenvalue weighted by Crippen LogP contribution is 2.24. The number of morpholine rings is 1. The van der Waals surface area contributed by atoms with Crippen LogP contribution in [-0.4, -0.2) is 40.5 Å². The van der Waals surface area contributed by atoms with Crippen LogP contribution in [0.5, 0.6) is 11.5 Å². The summed E-state index contributed by atoms with van der Waals surface area (Å²) < 4.78 is 16.0. The van der Waals surface area contributed by atoms with E-state index < -0.39 is 0 Å². The predicted octanol–water partition coefficient (Wildman–Crippen LogP) is 3.71. The van der Waals surface area contributed by atoms with Gasteiger partial charge in [0.25, 0.3) is 0 Å². The van der Waals surface area contributed by atoms with E-state index in [0.29, 0.717) is 0 Å². The maximum atomic E-state index is 5.40. The lowest BCUT2D eigenvalue weighted by Gasteiger charge is -2.28. The Bertz CT molecular complexity index is 666. The minimum absolute atomic E-state index is 0.789. The Morgan fingerprint density at radius 3 is 2.00 bits per heavy atom. The molecule has 0 N–H and O–H groups in total. The number of hydrogen-bond acceptors (Lipinski definition) is 4. The largest absolute Gasteiger partial charge is 0.497 e. The number of ether oxygens (including phenoxy) is 3. The van der Waals surface area contributed by atoms with Crippen molar-refractivity contribution in [1.29, 1.82) is 0 Å². The molecule has 0 radical (unpaired) electrons. The van der Waals surface area contributed by atoms with Crippen LogP contribution in [0.25, 0.3) is 12.2 Å². The lowest BCUT2D eigenvalue weighted by molar-refractivity contribution is 0.122. The third-order valence-electron chi connectivity index (χ3n) is 4.11. The molecule has 0 aromatic heterocycles. The number of hydrogen-bond donors (Lipinski definition) is 0. The molecule has 126 valence electrons. The van der Waals surface area contributed by atoms with Crippen LogP contribution in [-0.2, 0) is 4.74 Å². The molecule has 1 aliphatic heterocycles. The molecule has 2 aromatic carbocycles. The lowest BCUT2D eigenvalue weighted by Crippen LogP contribution is -2.36. The predicted molar refractivity (Wildman–Crippen MR) is 97.9 cm³/mol. The second-order valence-electron chi connectivity index (χ2n) is 5.67. The summed E-state index contributed by atoms with van der Waals surface area (Å²) in [5, 5.41) is 0. The van der Waals surface area contributed by atoms with Crippen LogP contribution in [0.4, 0.5) is 5.69 Å². The molecule has 4 heteroatoms. The SMILES string of the molecule is COc1cc(C=Cc2ccc(N3CCOCC3)cc2)cc(OC)c1. The molecule has 1 aliphatic rings. The molecule has 0 spiro atoms. The summed E-state index contributed by atoms with van der Waals surface area (Å²) >= 11 is 0. The summed E-state index contributed by atoms with van der Waals surface area (Å²) in [6.45, 7) is 3.52. The van der Waals surface area contributed by atoms with Crippen molar-refractivity contribution in [2.45, 2.75) is 0 Å². The van der Waals surface area contributed by atoms with E-state index in [1.54, 1.807) is 14.2 Å². The van der Waals surface area contributed by atoms with E-state index in [1.165, 1.54) is 5.69 Å². The average Bonchev–Trinajstić information content (AvgIpc) is 2.67. The molecule has 0 atom stereocenters. The second kappa shape index (κ2) is 7.88. The van der Waals surface area contributed by atoms with Crippen molar-refractivity contribution in [2.24, 2.45) is 0 Å². The van der Waals surface area contributed by atoms with Gasteiger partial charge in [-0.15, -0.1) is 0 Å². The van der Waals surface area contributed by atoms with E-state index >= 15 is 0 Å². The third-order valence-corrected chi connectivity index (χ3v) is 4.11. The summed E-state index contributed by atoms with van der Waals surface area (Å²) in [7, 11) is 3.32. The Labute approximate surface area is 143 Å². The summed E-state index contributed by atoms with van der Waals surface area (Å²) in [5.74, 6) is 1.58. The average molecular weight is 325 g/mol. The molecule has 4 nitrogen and oxygen atoms in total. The quantitative estimate of drug-likeness (QED) is 0.784. The van der Waals surface area contributed by atoms with Crippen LogP contribution in [0, 0.1) is 0 Å². The first-order valence-electron chi connectivity index (χ1n) is 8.12. The van der Waals surface area contributed by atoms with Gasteiger partial charge in [-0.25, -0.2) is 0 Å². The van der Waals surface area contributed by atoms with Crippen LogP contribution < -0.4 is 14.4 Å². The molecule has 0 unspecified atom stereocenters. The minimum Gasteiger partial charge on any atom is -0.497 e. The van der Waals surface area contributed by atoms with Gasteiger partial charge in [-0.05, 0) is 35.4 Å². The van der Waals surface area contributed by atoms with Gasteiger partial charge in [-0.2, -0.15) is 0 Å². The van der Waals surface area contributed by atoms with Crippen LogP contribution in [0.15, 0.2) is 42.5 Å². The summed E-state index contributed by atoms with van der Waals surface area (Å²) in [5.41, 5.74) is 3.45. The molecule has 0 amide bonds. The van der Waals surface area contributed by atoms with Crippen LogP contribution in [0.1, 0.15) is 11.1 Å². The lowest BCUT2D eigenvalue weighted by atomic mass is 10.1. The van der Waals surface area contributed by atoms with Gasteiger partial charge < -0.3 is 19.1 Å². The summed E-state index contributed by atoms with van der Waals surface area (Å²) in [6, 6.07) is 14.4. The number of benzene rings is 2. The molecule has 24 heavy (non-hydrogen) atoms. The normalized spacial score (nSPS) is 14.8. The van der Waals surface area contributed by atoms with Gasteiger partial charge in [0.15, 0.2) is 0 Å². The molecular formula is C20H23NO3. The zero-order valence-corrected chi connectivity index (χ0v) is 14.2. The molecule has 0 bridgehead atoms. The third kappa shape index (κ3) is 4.09. The van der Waals surface area contributed by atoms with Crippen LogP contribution >= 0.6 is 0 Å². The zero-order valence-electron chi connectivity index (χ0n) is 14.2. The Kier molecular flexibility index (Phi) is 5.39. The standard InChI is InChI=1S/C20H23NO3/c1-22-19-13-17(14-20(15-19)23-2)4-3-16-5-7-18(8-6-16)21-9-11-24-12-10-21/h3-8,13-15H,9-12H2,1-2H3. The minimum atomic E-state index is 0.789. The van der Waals surface area contributed by atoms with Gasteiger partial charge >= 0.3 is 0 Å². The van der Waals surface area contributed by atoms with Crippen molar-refractivity contribution < 1.29 is 14.2 Å². The maximum Gasteiger partial charge on any atom is 0.123 e. The van der Waals surface area contributed by atoms with Crippen molar-refractivity contribution in [3.05, 3.63) is 53.6 Å². The van der Waals surface area contributed by atoms with E-state index in [0.717, 1.165) is 48.9 Å². The molecule has 1 saturated heterocycles. The molecule has 0 saturated carbocycles. The molecule has 1 fully saturated rings. The van der Waals surface area contributed by atoms with Gasteiger partial charge in [0.2, 0.25) is 0 Å². The Morgan fingerprint density at radius 1 is 0.833 bits per heavy atom. The van der Waals surface area contributed by atoms with Gasteiger partial charge in [0.05, 0.1) is 27.4 Å².